The van der Waals surface area contributed by atoms with Gasteiger partial charge in [0, 0.05) is 11.4 Å². The van der Waals surface area contributed by atoms with Gasteiger partial charge in [-0.05, 0) is 31.4 Å². The Hall–Kier alpha value is -1.03. The van der Waals surface area contributed by atoms with Crippen LogP contribution in [0.5, 0.6) is 5.75 Å². The molecule has 1 aromatic rings. The average molecular weight is 328 g/mol. The Morgan fingerprint density at radius 3 is 2.63 bits per heavy atom. The van der Waals surface area contributed by atoms with Gasteiger partial charge in [0.15, 0.2) is 0 Å². The van der Waals surface area contributed by atoms with Crippen molar-refractivity contribution in [1.29, 1.82) is 0 Å². The van der Waals surface area contributed by atoms with E-state index < -0.39 is 0 Å². The highest BCUT2D eigenvalue weighted by Crippen LogP contribution is 2.20. The fraction of sp³-hybridized carbons (Fsp3) is 0.533. The molecule has 1 unspecified atom stereocenters. The van der Waals surface area contributed by atoms with E-state index in [2.05, 4.69) is 35.1 Å². The molecular weight excluding hydrogens is 306 g/mol. The van der Waals surface area contributed by atoms with Crippen molar-refractivity contribution < 1.29 is 9.53 Å². The zero-order valence-corrected chi connectivity index (χ0v) is 13.6. The first-order chi connectivity index (χ1) is 8.99. The van der Waals surface area contributed by atoms with Crippen molar-refractivity contribution in [3.8, 4) is 5.75 Å². The van der Waals surface area contributed by atoms with E-state index >= 15 is 0 Å². The van der Waals surface area contributed by atoms with E-state index in [9.17, 15) is 4.79 Å². The van der Waals surface area contributed by atoms with Gasteiger partial charge in [0.2, 0.25) is 0 Å². The third-order valence-electron chi connectivity index (χ3n) is 3.14. The van der Waals surface area contributed by atoms with Gasteiger partial charge in [-0.2, -0.15) is 0 Å². The van der Waals surface area contributed by atoms with Gasteiger partial charge in [0.25, 0.3) is 5.91 Å². The molecule has 0 bridgehead atoms. The van der Waals surface area contributed by atoms with Crippen molar-refractivity contribution >= 4 is 21.8 Å². The Bertz CT molecular complexity index is 432. The second kappa shape index (κ2) is 7.53. The van der Waals surface area contributed by atoms with Gasteiger partial charge >= 0.3 is 0 Å². The SMILES string of the molecule is COc1ccc(C)cc1C(=O)NC(CCBr)C(C)C. The lowest BCUT2D eigenvalue weighted by molar-refractivity contribution is 0.0922. The van der Waals surface area contributed by atoms with Crippen LogP contribution in [0.3, 0.4) is 0 Å². The Kier molecular flexibility index (Phi) is 6.35. The summed E-state index contributed by atoms with van der Waals surface area (Å²) in [5, 5.41) is 3.96. The van der Waals surface area contributed by atoms with E-state index in [0.29, 0.717) is 17.2 Å². The van der Waals surface area contributed by atoms with Crippen LogP contribution in [0.15, 0.2) is 18.2 Å². The molecule has 0 saturated heterocycles. The first kappa shape index (κ1) is 16.0. The fourth-order valence-electron chi connectivity index (χ4n) is 1.94. The first-order valence-corrected chi connectivity index (χ1v) is 7.63. The van der Waals surface area contributed by atoms with Crippen LogP contribution in [-0.2, 0) is 0 Å². The van der Waals surface area contributed by atoms with Gasteiger partial charge in [-0.25, -0.2) is 0 Å². The second-order valence-electron chi connectivity index (χ2n) is 5.01. The van der Waals surface area contributed by atoms with E-state index in [-0.39, 0.29) is 11.9 Å². The molecule has 3 nitrogen and oxygen atoms in total. The van der Waals surface area contributed by atoms with Crippen LogP contribution in [0, 0.1) is 12.8 Å². The summed E-state index contributed by atoms with van der Waals surface area (Å²) in [4.78, 5) is 12.4. The van der Waals surface area contributed by atoms with Crippen molar-refractivity contribution in [2.45, 2.75) is 33.2 Å². The maximum absolute atomic E-state index is 12.4. The predicted octanol–water partition coefficient (Wildman–Crippen LogP) is 3.54. The second-order valence-corrected chi connectivity index (χ2v) is 5.80. The van der Waals surface area contributed by atoms with Crippen LogP contribution >= 0.6 is 15.9 Å². The molecule has 0 aromatic heterocycles. The normalized spacial score (nSPS) is 12.3. The molecule has 0 spiro atoms. The number of amides is 1. The minimum Gasteiger partial charge on any atom is -0.496 e. The molecule has 0 radical (unpaired) electrons. The van der Waals surface area contributed by atoms with Gasteiger partial charge in [0.1, 0.15) is 5.75 Å². The molecule has 1 amide bonds. The average Bonchev–Trinajstić information content (AvgIpc) is 2.37. The number of hydrogen-bond donors (Lipinski definition) is 1. The number of carbonyl (C=O) groups excluding carboxylic acids is 1. The van der Waals surface area contributed by atoms with E-state index in [1.807, 2.05) is 25.1 Å². The topological polar surface area (TPSA) is 38.3 Å². The highest BCUT2D eigenvalue weighted by molar-refractivity contribution is 9.09. The Balaban J connectivity index is 2.90. The van der Waals surface area contributed by atoms with Crippen LogP contribution in [0.4, 0.5) is 0 Å². The maximum Gasteiger partial charge on any atom is 0.255 e. The molecule has 19 heavy (non-hydrogen) atoms. The van der Waals surface area contributed by atoms with Crippen molar-refractivity contribution in [2.24, 2.45) is 5.92 Å². The highest BCUT2D eigenvalue weighted by atomic mass is 79.9. The smallest absolute Gasteiger partial charge is 0.255 e. The summed E-state index contributed by atoms with van der Waals surface area (Å²) in [7, 11) is 1.58. The number of hydrogen-bond acceptors (Lipinski definition) is 2. The van der Waals surface area contributed by atoms with Crippen LogP contribution in [0.25, 0.3) is 0 Å². The molecule has 0 aliphatic heterocycles. The largest absolute Gasteiger partial charge is 0.496 e. The number of ether oxygens (including phenoxy) is 1. The maximum atomic E-state index is 12.4. The predicted molar refractivity (Wildman–Crippen MR) is 82.2 cm³/mol. The summed E-state index contributed by atoms with van der Waals surface area (Å²) in [6.07, 6.45) is 0.914. The van der Waals surface area contributed by atoms with Crippen LogP contribution < -0.4 is 10.1 Å². The molecule has 1 N–H and O–H groups in total. The Morgan fingerprint density at radius 1 is 1.42 bits per heavy atom. The first-order valence-electron chi connectivity index (χ1n) is 6.51. The molecule has 0 saturated carbocycles. The van der Waals surface area contributed by atoms with Crippen molar-refractivity contribution in [3.05, 3.63) is 29.3 Å². The molecule has 106 valence electrons. The molecule has 1 aromatic carbocycles. The Morgan fingerprint density at radius 2 is 2.11 bits per heavy atom. The van der Waals surface area contributed by atoms with E-state index in [1.54, 1.807) is 7.11 Å². The van der Waals surface area contributed by atoms with Gasteiger partial charge < -0.3 is 10.1 Å². The fourth-order valence-corrected chi connectivity index (χ4v) is 2.43. The number of rotatable bonds is 6. The molecule has 1 atom stereocenters. The Labute approximate surface area is 123 Å². The zero-order chi connectivity index (χ0) is 14.4. The van der Waals surface area contributed by atoms with Crippen molar-refractivity contribution in [2.75, 3.05) is 12.4 Å². The minimum absolute atomic E-state index is 0.0693. The summed E-state index contributed by atoms with van der Waals surface area (Å²) in [5.74, 6) is 0.946. The molecule has 0 heterocycles. The number of benzene rings is 1. The number of methoxy groups -OCH3 is 1. The van der Waals surface area contributed by atoms with Crippen molar-refractivity contribution in [1.82, 2.24) is 5.32 Å². The summed E-state index contributed by atoms with van der Waals surface area (Å²) in [6, 6.07) is 5.80. The summed E-state index contributed by atoms with van der Waals surface area (Å²) >= 11 is 3.43. The molecule has 0 fully saturated rings. The lowest BCUT2D eigenvalue weighted by Crippen LogP contribution is -2.39. The third kappa shape index (κ3) is 4.53. The molecule has 4 heteroatoms. The number of aryl methyl sites for hydroxylation is 1. The summed E-state index contributed by atoms with van der Waals surface area (Å²) < 4.78 is 5.25. The van der Waals surface area contributed by atoms with Crippen LogP contribution in [0.2, 0.25) is 0 Å². The monoisotopic (exact) mass is 327 g/mol. The highest BCUT2D eigenvalue weighted by Gasteiger charge is 2.19. The van der Waals surface area contributed by atoms with E-state index in [1.165, 1.54) is 0 Å². The molecular formula is C15H22BrNO2. The lowest BCUT2D eigenvalue weighted by atomic mass is 10.0. The third-order valence-corrected chi connectivity index (χ3v) is 3.60. The van der Waals surface area contributed by atoms with E-state index in [0.717, 1.165) is 17.3 Å². The van der Waals surface area contributed by atoms with Gasteiger partial charge in [0.05, 0.1) is 12.7 Å². The zero-order valence-electron chi connectivity index (χ0n) is 12.0. The van der Waals surface area contributed by atoms with Gasteiger partial charge in [-0.1, -0.05) is 41.4 Å². The molecule has 0 aliphatic carbocycles. The van der Waals surface area contributed by atoms with Gasteiger partial charge in [-0.3, -0.25) is 4.79 Å². The van der Waals surface area contributed by atoms with Crippen LogP contribution in [0.1, 0.15) is 36.2 Å². The molecule has 1 rings (SSSR count). The number of nitrogens with one attached hydrogen (secondary N) is 1. The summed E-state index contributed by atoms with van der Waals surface area (Å²) in [6.45, 7) is 6.19. The standard InChI is InChI=1S/C15H22BrNO2/c1-10(2)13(7-8-16)17-15(18)12-9-11(3)5-6-14(12)19-4/h5-6,9-10,13H,7-8H2,1-4H3,(H,17,18). The number of alkyl halides is 1. The minimum atomic E-state index is -0.0693. The van der Waals surface area contributed by atoms with Crippen molar-refractivity contribution in [3.63, 3.8) is 0 Å². The summed E-state index contributed by atoms with van der Waals surface area (Å²) in [5.41, 5.74) is 1.65. The molecule has 0 aliphatic rings. The van der Waals surface area contributed by atoms with E-state index in [4.69, 9.17) is 4.74 Å². The quantitative estimate of drug-likeness (QED) is 0.811. The lowest BCUT2D eigenvalue weighted by Gasteiger charge is -2.22. The number of carbonyl (C=O) groups is 1. The van der Waals surface area contributed by atoms with Crippen LogP contribution in [-0.4, -0.2) is 24.4 Å². The van der Waals surface area contributed by atoms with Gasteiger partial charge in [-0.15, -0.1) is 0 Å². The number of halogens is 1.